The van der Waals surface area contributed by atoms with Gasteiger partial charge in [-0.05, 0) is 53.6 Å². The van der Waals surface area contributed by atoms with E-state index in [9.17, 15) is 17.6 Å². The molecule has 1 aliphatic rings. The highest BCUT2D eigenvalue weighted by atomic mass is 19.1. The van der Waals surface area contributed by atoms with Gasteiger partial charge in [0, 0.05) is 12.5 Å². The fourth-order valence-corrected chi connectivity index (χ4v) is 3.23. The first-order chi connectivity index (χ1) is 14.0. The zero-order valence-electron chi connectivity index (χ0n) is 15.2. The molecule has 0 N–H and O–H groups in total. The van der Waals surface area contributed by atoms with Gasteiger partial charge in [0.1, 0.15) is 17.5 Å². The van der Waals surface area contributed by atoms with Crippen molar-refractivity contribution in [3.05, 3.63) is 107 Å². The lowest BCUT2D eigenvalue weighted by Gasteiger charge is -2.24. The van der Waals surface area contributed by atoms with Crippen LogP contribution in [-0.2, 0) is 0 Å². The highest BCUT2D eigenvalue weighted by Crippen LogP contribution is 2.37. The molecular weight excluding hydrogens is 380 g/mol. The van der Waals surface area contributed by atoms with Crippen LogP contribution in [0.3, 0.4) is 0 Å². The minimum absolute atomic E-state index is 0.130. The number of nitrogens with zero attached hydrogens (tertiary/aromatic N) is 2. The molecule has 2 nitrogen and oxygen atoms in total. The largest absolute Gasteiger partial charge is 0.254 e. The SMILES string of the molecule is Fc1ccc(/C=C/C2=NN(c3ccc(F)cc3F)C(c3ccc(F)cc3)C2)cc1. The number of hydrazone groups is 1. The van der Waals surface area contributed by atoms with Crippen LogP contribution in [0.25, 0.3) is 6.08 Å². The molecular formula is C23H16F4N2. The van der Waals surface area contributed by atoms with E-state index in [2.05, 4.69) is 5.10 Å². The van der Waals surface area contributed by atoms with Crippen LogP contribution in [0.2, 0.25) is 0 Å². The van der Waals surface area contributed by atoms with Crippen LogP contribution in [0.1, 0.15) is 23.6 Å². The van der Waals surface area contributed by atoms with Crippen molar-refractivity contribution in [2.45, 2.75) is 12.5 Å². The standard InChI is InChI=1S/C23H16F4N2/c24-17-6-1-15(2-7-17)3-11-20-14-23(16-4-8-18(25)9-5-16)29(28-20)22-12-10-19(26)13-21(22)27/h1-13,23H,14H2/b11-3+. The molecule has 0 spiro atoms. The minimum atomic E-state index is -0.732. The Morgan fingerprint density at radius 2 is 1.38 bits per heavy atom. The topological polar surface area (TPSA) is 15.6 Å². The Bertz CT molecular complexity index is 1070. The van der Waals surface area contributed by atoms with Crippen molar-refractivity contribution >= 4 is 17.5 Å². The van der Waals surface area contributed by atoms with E-state index in [1.165, 1.54) is 41.4 Å². The molecule has 3 aromatic carbocycles. The molecule has 3 aromatic rings. The van der Waals surface area contributed by atoms with E-state index in [0.29, 0.717) is 12.1 Å². The van der Waals surface area contributed by atoms with Crippen LogP contribution >= 0.6 is 0 Å². The minimum Gasteiger partial charge on any atom is -0.254 e. The van der Waals surface area contributed by atoms with Crippen LogP contribution in [-0.4, -0.2) is 5.71 Å². The van der Waals surface area contributed by atoms with Gasteiger partial charge in [0.15, 0.2) is 5.82 Å². The molecule has 1 unspecified atom stereocenters. The van der Waals surface area contributed by atoms with Crippen molar-refractivity contribution < 1.29 is 17.6 Å². The summed E-state index contributed by atoms with van der Waals surface area (Å²) in [5, 5.41) is 5.97. The van der Waals surface area contributed by atoms with Crippen molar-refractivity contribution in [1.29, 1.82) is 0 Å². The molecule has 0 amide bonds. The first kappa shape index (κ1) is 18.9. The van der Waals surface area contributed by atoms with Crippen LogP contribution in [0.15, 0.2) is 77.9 Å². The van der Waals surface area contributed by atoms with Crippen molar-refractivity contribution in [3.8, 4) is 0 Å². The third-order valence-corrected chi connectivity index (χ3v) is 4.68. The van der Waals surface area contributed by atoms with Gasteiger partial charge in [0.25, 0.3) is 0 Å². The van der Waals surface area contributed by atoms with Crippen LogP contribution in [0.4, 0.5) is 23.2 Å². The van der Waals surface area contributed by atoms with E-state index in [1.54, 1.807) is 36.4 Å². The quantitative estimate of drug-likeness (QED) is 0.475. The summed E-state index contributed by atoms with van der Waals surface area (Å²) in [5.74, 6) is -2.10. The average Bonchev–Trinajstić information content (AvgIpc) is 3.12. The number of hydrogen-bond acceptors (Lipinski definition) is 2. The van der Waals surface area contributed by atoms with Crippen molar-refractivity contribution in [2.75, 3.05) is 5.01 Å². The highest BCUT2D eigenvalue weighted by molar-refractivity contribution is 6.01. The lowest BCUT2D eigenvalue weighted by atomic mass is 10.0. The maximum Gasteiger partial charge on any atom is 0.151 e. The Balaban J connectivity index is 1.68. The third-order valence-electron chi connectivity index (χ3n) is 4.68. The van der Waals surface area contributed by atoms with Gasteiger partial charge in [-0.2, -0.15) is 5.10 Å². The molecule has 1 aliphatic heterocycles. The van der Waals surface area contributed by atoms with Crippen LogP contribution < -0.4 is 5.01 Å². The molecule has 6 heteroatoms. The molecule has 0 radical (unpaired) electrons. The van der Waals surface area contributed by atoms with Gasteiger partial charge in [0.2, 0.25) is 0 Å². The molecule has 29 heavy (non-hydrogen) atoms. The summed E-state index contributed by atoms with van der Waals surface area (Å²) in [4.78, 5) is 0. The summed E-state index contributed by atoms with van der Waals surface area (Å²) in [5.41, 5.74) is 2.33. The van der Waals surface area contributed by atoms with E-state index < -0.39 is 11.6 Å². The maximum absolute atomic E-state index is 14.4. The number of anilines is 1. The molecule has 0 aliphatic carbocycles. The van der Waals surface area contributed by atoms with Crippen molar-refractivity contribution in [2.24, 2.45) is 5.10 Å². The first-order valence-electron chi connectivity index (χ1n) is 9.00. The van der Waals surface area contributed by atoms with Crippen LogP contribution in [0, 0.1) is 23.3 Å². The number of rotatable bonds is 4. The molecule has 1 atom stereocenters. The van der Waals surface area contributed by atoms with Crippen molar-refractivity contribution in [1.82, 2.24) is 0 Å². The molecule has 146 valence electrons. The van der Waals surface area contributed by atoms with Gasteiger partial charge >= 0.3 is 0 Å². The summed E-state index contributed by atoms with van der Waals surface area (Å²) >= 11 is 0. The zero-order valence-corrected chi connectivity index (χ0v) is 15.2. The van der Waals surface area contributed by atoms with E-state index in [-0.39, 0.29) is 23.4 Å². The second-order valence-electron chi connectivity index (χ2n) is 6.69. The molecule has 4 rings (SSSR count). The van der Waals surface area contributed by atoms with Gasteiger partial charge in [-0.15, -0.1) is 0 Å². The molecule has 0 bridgehead atoms. The fourth-order valence-electron chi connectivity index (χ4n) is 3.23. The second-order valence-corrected chi connectivity index (χ2v) is 6.69. The highest BCUT2D eigenvalue weighted by Gasteiger charge is 2.30. The van der Waals surface area contributed by atoms with Crippen molar-refractivity contribution in [3.63, 3.8) is 0 Å². The lowest BCUT2D eigenvalue weighted by Crippen LogP contribution is -2.19. The normalized spacial score (nSPS) is 16.5. The Kier molecular flexibility index (Phi) is 5.16. The van der Waals surface area contributed by atoms with Gasteiger partial charge in [-0.3, -0.25) is 5.01 Å². The van der Waals surface area contributed by atoms with Gasteiger partial charge in [-0.25, -0.2) is 17.6 Å². The summed E-state index contributed by atoms with van der Waals surface area (Å²) in [6.07, 6.45) is 4.00. The summed E-state index contributed by atoms with van der Waals surface area (Å²) in [6.45, 7) is 0. The number of hydrogen-bond donors (Lipinski definition) is 0. The van der Waals surface area contributed by atoms with Gasteiger partial charge in [-0.1, -0.05) is 30.3 Å². The number of benzene rings is 3. The number of allylic oxidation sites excluding steroid dienone is 1. The van der Waals surface area contributed by atoms with Crippen LogP contribution in [0.5, 0.6) is 0 Å². The summed E-state index contributed by atoms with van der Waals surface area (Å²) in [7, 11) is 0. The second kappa shape index (κ2) is 7.91. The summed E-state index contributed by atoms with van der Waals surface area (Å²) in [6, 6.07) is 14.8. The van der Waals surface area contributed by atoms with Gasteiger partial charge < -0.3 is 0 Å². The molecule has 1 heterocycles. The molecule has 0 aromatic heterocycles. The smallest absolute Gasteiger partial charge is 0.151 e. The van der Waals surface area contributed by atoms with E-state index in [0.717, 1.165) is 17.2 Å². The predicted octanol–water partition coefficient (Wildman–Crippen LogP) is 6.26. The van der Waals surface area contributed by atoms with E-state index in [1.807, 2.05) is 0 Å². The predicted molar refractivity (Wildman–Crippen MR) is 105 cm³/mol. The number of halogens is 4. The molecule has 0 saturated heterocycles. The summed E-state index contributed by atoms with van der Waals surface area (Å²) < 4.78 is 54.1. The first-order valence-corrected chi connectivity index (χ1v) is 9.00. The monoisotopic (exact) mass is 396 g/mol. The Morgan fingerprint density at radius 1 is 0.759 bits per heavy atom. The van der Waals surface area contributed by atoms with Gasteiger partial charge in [0.05, 0.1) is 17.4 Å². The average molecular weight is 396 g/mol. The van der Waals surface area contributed by atoms with E-state index in [4.69, 9.17) is 0 Å². The maximum atomic E-state index is 14.4. The zero-order chi connectivity index (χ0) is 20.4. The molecule has 0 fully saturated rings. The third kappa shape index (κ3) is 4.21. The Morgan fingerprint density at radius 3 is 2.03 bits per heavy atom. The lowest BCUT2D eigenvalue weighted by molar-refractivity contribution is 0.572. The Labute approximate surface area is 165 Å². The molecule has 0 saturated carbocycles. The van der Waals surface area contributed by atoms with E-state index >= 15 is 0 Å². The fraction of sp³-hybridized carbons (Fsp3) is 0.0870. The Hall–Kier alpha value is -3.41.